The first-order valence-electron chi connectivity index (χ1n) is 9.39. The molecule has 20 heavy (non-hydrogen) atoms. The molecule has 0 unspecified atom stereocenters. The third-order valence-electron chi connectivity index (χ3n) is 6.40. The highest BCUT2D eigenvalue weighted by molar-refractivity contribution is 4.96. The maximum atomic E-state index is 3.94. The monoisotopic (exact) mass is 276 g/mol. The van der Waals surface area contributed by atoms with Gasteiger partial charge < -0.3 is 5.32 Å². The number of fused-ring (bicyclic) bond motifs is 1. The van der Waals surface area contributed by atoms with Gasteiger partial charge in [-0.3, -0.25) is 4.90 Å². The van der Waals surface area contributed by atoms with Gasteiger partial charge in [0.05, 0.1) is 0 Å². The van der Waals surface area contributed by atoms with E-state index in [0.29, 0.717) is 0 Å². The second-order valence-corrected chi connectivity index (χ2v) is 7.94. The van der Waals surface area contributed by atoms with Crippen molar-refractivity contribution in [2.75, 3.05) is 19.6 Å². The SMILES string of the molecule is C1CC[C@@H]2[C@H](C1)CCCN2CCNC(C1CC1)C1CC1. The molecule has 4 rings (SSSR count). The van der Waals surface area contributed by atoms with Crippen molar-refractivity contribution < 1.29 is 0 Å². The lowest BCUT2D eigenvalue weighted by molar-refractivity contribution is 0.0609. The molecule has 0 radical (unpaired) electrons. The topological polar surface area (TPSA) is 15.3 Å². The maximum absolute atomic E-state index is 3.94. The smallest absolute Gasteiger partial charge is 0.0124 e. The van der Waals surface area contributed by atoms with Gasteiger partial charge in [0.1, 0.15) is 0 Å². The van der Waals surface area contributed by atoms with E-state index >= 15 is 0 Å². The van der Waals surface area contributed by atoms with Crippen LogP contribution in [-0.4, -0.2) is 36.6 Å². The Kier molecular flexibility index (Phi) is 4.05. The summed E-state index contributed by atoms with van der Waals surface area (Å²) in [4.78, 5) is 2.84. The quantitative estimate of drug-likeness (QED) is 0.799. The summed E-state index contributed by atoms with van der Waals surface area (Å²) in [5.41, 5.74) is 0. The van der Waals surface area contributed by atoms with Gasteiger partial charge in [0.25, 0.3) is 0 Å². The number of piperidine rings is 1. The lowest BCUT2D eigenvalue weighted by Gasteiger charge is -2.44. The van der Waals surface area contributed by atoms with Crippen molar-refractivity contribution in [3.63, 3.8) is 0 Å². The predicted octanol–water partition coefficient (Wildman–Crippen LogP) is 3.42. The van der Waals surface area contributed by atoms with Gasteiger partial charge in [0, 0.05) is 25.2 Å². The normalized spacial score (nSPS) is 35.2. The molecule has 0 aromatic carbocycles. The van der Waals surface area contributed by atoms with Crippen LogP contribution in [-0.2, 0) is 0 Å². The number of nitrogens with one attached hydrogen (secondary N) is 1. The molecule has 114 valence electrons. The molecule has 0 aromatic rings. The Morgan fingerprint density at radius 3 is 2.30 bits per heavy atom. The molecule has 4 fully saturated rings. The van der Waals surface area contributed by atoms with Crippen LogP contribution in [0.25, 0.3) is 0 Å². The van der Waals surface area contributed by atoms with Crippen molar-refractivity contribution >= 4 is 0 Å². The number of nitrogens with zero attached hydrogens (tertiary/aromatic N) is 1. The molecule has 3 saturated carbocycles. The Hall–Kier alpha value is -0.0800. The average molecular weight is 276 g/mol. The molecule has 0 spiro atoms. The molecule has 3 aliphatic carbocycles. The van der Waals surface area contributed by atoms with Crippen LogP contribution in [0.3, 0.4) is 0 Å². The van der Waals surface area contributed by atoms with Crippen molar-refractivity contribution in [2.24, 2.45) is 17.8 Å². The van der Waals surface area contributed by atoms with Crippen molar-refractivity contribution in [2.45, 2.75) is 76.3 Å². The van der Waals surface area contributed by atoms with E-state index in [1.165, 1.54) is 83.8 Å². The number of likely N-dealkylation sites (tertiary alicyclic amines) is 1. The minimum atomic E-state index is 0.891. The highest BCUT2D eigenvalue weighted by Gasteiger charge is 2.41. The van der Waals surface area contributed by atoms with Gasteiger partial charge in [-0.1, -0.05) is 12.8 Å². The van der Waals surface area contributed by atoms with Gasteiger partial charge in [-0.2, -0.15) is 0 Å². The van der Waals surface area contributed by atoms with Crippen LogP contribution in [0.15, 0.2) is 0 Å². The lowest BCUT2D eigenvalue weighted by Crippen LogP contribution is -2.49. The lowest BCUT2D eigenvalue weighted by atomic mass is 9.78. The summed E-state index contributed by atoms with van der Waals surface area (Å²) in [6, 6.07) is 1.83. The summed E-state index contributed by atoms with van der Waals surface area (Å²) in [5, 5.41) is 3.94. The van der Waals surface area contributed by atoms with Crippen LogP contribution >= 0.6 is 0 Å². The molecule has 1 heterocycles. The van der Waals surface area contributed by atoms with E-state index in [1.54, 1.807) is 0 Å². The van der Waals surface area contributed by atoms with Gasteiger partial charge >= 0.3 is 0 Å². The first kappa shape index (κ1) is 13.6. The highest BCUT2D eigenvalue weighted by atomic mass is 15.2. The van der Waals surface area contributed by atoms with Crippen molar-refractivity contribution in [1.82, 2.24) is 10.2 Å². The summed E-state index contributed by atoms with van der Waals surface area (Å²) in [6.45, 7) is 3.94. The Bertz CT molecular complexity index is 307. The minimum Gasteiger partial charge on any atom is -0.312 e. The minimum absolute atomic E-state index is 0.891. The molecule has 2 heteroatoms. The maximum Gasteiger partial charge on any atom is 0.0124 e. The fourth-order valence-corrected chi connectivity index (χ4v) is 5.01. The molecule has 2 nitrogen and oxygen atoms in total. The summed E-state index contributed by atoms with van der Waals surface area (Å²) >= 11 is 0. The second-order valence-electron chi connectivity index (χ2n) is 7.94. The zero-order valence-corrected chi connectivity index (χ0v) is 13.0. The van der Waals surface area contributed by atoms with E-state index in [-0.39, 0.29) is 0 Å². The third kappa shape index (κ3) is 3.06. The summed E-state index contributed by atoms with van der Waals surface area (Å²) < 4.78 is 0. The Morgan fingerprint density at radius 1 is 0.850 bits per heavy atom. The van der Waals surface area contributed by atoms with E-state index in [9.17, 15) is 0 Å². The molecular formula is C18H32N2. The summed E-state index contributed by atoms with van der Waals surface area (Å²) in [6.07, 6.45) is 15.0. The molecule has 1 saturated heterocycles. The third-order valence-corrected chi connectivity index (χ3v) is 6.40. The largest absolute Gasteiger partial charge is 0.312 e. The molecule has 4 aliphatic rings. The standard InChI is InChI=1S/C18H32N2/c1-2-6-17-14(4-1)5-3-12-20(17)13-11-19-18(15-7-8-15)16-9-10-16/h14-19H,1-13H2/t14-,17-/m1/s1. The van der Waals surface area contributed by atoms with Crippen molar-refractivity contribution in [3.05, 3.63) is 0 Å². The molecule has 0 aromatic heterocycles. The van der Waals surface area contributed by atoms with E-state index in [4.69, 9.17) is 0 Å². The van der Waals surface area contributed by atoms with Crippen molar-refractivity contribution in [3.8, 4) is 0 Å². The zero-order valence-electron chi connectivity index (χ0n) is 13.0. The Morgan fingerprint density at radius 2 is 1.55 bits per heavy atom. The summed E-state index contributed by atoms with van der Waals surface area (Å²) in [7, 11) is 0. The number of hydrogen-bond acceptors (Lipinski definition) is 2. The van der Waals surface area contributed by atoms with Crippen LogP contribution in [0.5, 0.6) is 0 Å². The highest BCUT2D eigenvalue weighted by Crippen LogP contribution is 2.44. The first-order valence-corrected chi connectivity index (χ1v) is 9.39. The second kappa shape index (κ2) is 5.96. The van der Waals surface area contributed by atoms with E-state index < -0.39 is 0 Å². The fourth-order valence-electron chi connectivity index (χ4n) is 5.01. The molecule has 1 N–H and O–H groups in total. The van der Waals surface area contributed by atoms with Gasteiger partial charge in [0.15, 0.2) is 0 Å². The van der Waals surface area contributed by atoms with E-state index in [0.717, 1.165) is 29.8 Å². The molecule has 0 bridgehead atoms. The van der Waals surface area contributed by atoms with Crippen LogP contribution in [0.2, 0.25) is 0 Å². The van der Waals surface area contributed by atoms with E-state index in [2.05, 4.69) is 10.2 Å². The van der Waals surface area contributed by atoms with Crippen LogP contribution in [0.4, 0.5) is 0 Å². The van der Waals surface area contributed by atoms with Crippen LogP contribution < -0.4 is 5.32 Å². The molecule has 1 aliphatic heterocycles. The van der Waals surface area contributed by atoms with Gasteiger partial charge in [0.2, 0.25) is 0 Å². The number of rotatable bonds is 6. The average Bonchev–Trinajstić information content (AvgIpc) is 3.38. The van der Waals surface area contributed by atoms with Crippen LogP contribution in [0.1, 0.15) is 64.2 Å². The number of hydrogen-bond donors (Lipinski definition) is 1. The van der Waals surface area contributed by atoms with Gasteiger partial charge in [-0.25, -0.2) is 0 Å². The Balaban J connectivity index is 1.25. The zero-order chi connectivity index (χ0) is 13.4. The summed E-state index contributed by atoms with van der Waals surface area (Å²) in [5.74, 6) is 3.14. The first-order chi connectivity index (χ1) is 9.92. The fraction of sp³-hybridized carbons (Fsp3) is 1.00. The van der Waals surface area contributed by atoms with Crippen molar-refractivity contribution in [1.29, 1.82) is 0 Å². The molecule has 2 atom stereocenters. The van der Waals surface area contributed by atoms with Crippen LogP contribution in [0, 0.1) is 17.8 Å². The molecule has 0 amide bonds. The molecular weight excluding hydrogens is 244 g/mol. The van der Waals surface area contributed by atoms with Gasteiger partial charge in [-0.05, 0) is 75.7 Å². The predicted molar refractivity (Wildman–Crippen MR) is 83.8 cm³/mol. The van der Waals surface area contributed by atoms with E-state index in [1.807, 2.05) is 0 Å². The Labute approximate surface area is 124 Å². The van der Waals surface area contributed by atoms with Gasteiger partial charge in [-0.15, -0.1) is 0 Å².